The predicted octanol–water partition coefficient (Wildman–Crippen LogP) is 2.62. The lowest BCUT2D eigenvalue weighted by atomic mass is 9.91. The van der Waals surface area contributed by atoms with Crippen LogP contribution >= 0.6 is 24.0 Å². The summed E-state index contributed by atoms with van der Waals surface area (Å²) < 4.78 is 1.73. The minimum Gasteiger partial charge on any atom is -0.356 e. The number of hydrogen-bond acceptors (Lipinski definition) is 3. The molecule has 7 nitrogen and oxygen atoms in total. The highest BCUT2D eigenvalue weighted by Gasteiger charge is 2.27. The first-order chi connectivity index (χ1) is 12.7. The van der Waals surface area contributed by atoms with Gasteiger partial charge < -0.3 is 15.1 Å². The molecule has 2 heterocycles. The van der Waals surface area contributed by atoms with Crippen molar-refractivity contribution in [2.75, 3.05) is 38.1 Å². The Morgan fingerprint density at radius 1 is 1.22 bits per heavy atom. The van der Waals surface area contributed by atoms with Crippen LogP contribution in [-0.4, -0.2) is 59.8 Å². The largest absolute Gasteiger partial charge is 0.356 e. The van der Waals surface area contributed by atoms with Gasteiger partial charge in [-0.15, -0.1) is 24.0 Å². The summed E-state index contributed by atoms with van der Waals surface area (Å²) in [5.74, 6) is 1.67. The van der Waals surface area contributed by atoms with Crippen molar-refractivity contribution in [1.82, 2.24) is 20.0 Å². The highest BCUT2D eigenvalue weighted by Crippen LogP contribution is 2.22. The number of halogens is 1. The van der Waals surface area contributed by atoms with Crippen molar-refractivity contribution in [1.29, 1.82) is 0 Å². The average molecular weight is 488 g/mol. The minimum absolute atomic E-state index is 0. The normalized spacial score (nSPS) is 20.1. The summed E-state index contributed by atoms with van der Waals surface area (Å²) in [5, 5.41) is 7.69. The highest BCUT2D eigenvalue weighted by molar-refractivity contribution is 14.0. The lowest BCUT2D eigenvalue weighted by Gasteiger charge is -2.35. The number of aromatic nitrogens is 2. The molecule has 8 heteroatoms. The molecule has 1 aromatic rings. The van der Waals surface area contributed by atoms with E-state index in [2.05, 4.69) is 20.3 Å². The van der Waals surface area contributed by atoms with Gasteiger partial charge in [-0.25, -0.2) is 0 Å². The van der Waals surface area contributed by atoms with Crippen LogP contribution in [-0.2, 0) is 11.8 Å². The second-order valence-corrected chi connectivity index (χ2v) is 7.48. The third kappa shape index (κ3) is 6.08. The Morgan fingerprint density at radius 2 is 1.93 bits per heavy atom. The van der Waals surface area contributed by atoms with Crippen LogP contribution in [0.5, 0.6) is 0 Å². The number of aliphatic imine (C=N–C) groups is 1. The van der Waals surface area contributed by atoms with Gasteiger partial charge >= 0.3 is 0 Å². The van der Waals surface area contributed by atoms with E-state index in [0.29, 0.717) is 13.1 Å². The van der Waals surface area contributed by atoms with Crippen molar-refractivity contribution in [3.8, 4) is 0 Å². The molecule has 3 rings (SSSR count). The summed E-state index contributed by atoms with van der Waals surface area (Å²) in [6.07, 6.45) is 13.1. The van der Waals surface area contributed by atoms with Crippen molar-refractivity contribution in [2.24, 2.45) is 18.0 Å². The fraction of sp³-hybridized carbons (Fsp3) is 0.737. The predicted molar refractivity (Wildman–Crippen MR) is 120 cm³/mol. The monoisotopic (exact) mass is 488 g/mol. The quantitative estimate of drug-likeness (QED) is 0.404. The van der Waals surface area contributed by atoms with Gasteiger partial charge in [0.1, 0.15) is 6.54 Å². The smallest absolute Gasteiger partial charge is 0.246 e. The standard InChI is InChI=1S/C19H32N6O.HI/c1-20-19(21-12-16-8-6-4-3-5-7-9-16)24-10-11-25(18(26)15-24)17-13-22-23(2)14-17;/h13-14,16H,3-12,15H2,1-2H3,(H,20,21);1H. The van der Waals surface area contributed by atoms with Gasteiger partial charge in [0, 0.05) is 39.9 Å². The molecule has 0 bridgehead atoms. The number of piperazine rings is 1. The Hall–Kier alpha value is -1.32. The molecule has 2 aliphatic rings. The molecule has 1 aromatic heterocycles. The first-order valence-corrected chi connectivity index (χ1v) is 9.92. The molecule has 1 N–H and O–H groups in total. The molecule has 1 saturated heterocycles. The Bertz CT molecular complexity index is 623. The van der Waals surface area contributed by atoms with E-state index in [1.165, 1.54) is 44.9 Å². The Balaban J connectivity index is 0.00000261. The molecule has 0 radical (unpaired) electrons. The number of carbonyl (C=O) groups excluding carboxylic acids is 1. The minimum atomic E-state index is 0. The number of guanidine groups is 1. The molecular weight excluding hydrogens is 455 g/mol. The van der Waals surface area contributed by atoms with Crippen LogP contribution in [0.3, 0.4) is 0 Å². The van der Waals surface area contributed by atoms with Crippen molar-refractivity contribution in [3.05, 3.63) is 12.4 Å². The molecule has 0 unspecified atom stereocenters. The van der Waals surface area contributed by atoms with Crippen LogP contribution in [0.1, 0.15) is 44.9 Å². The van der Waals surface area contributed by atoms with Crippen molar-refractivity contribution in [3.63, 3.8) is 0 Å². The molecule has 0 aromatic carbocycles. The molecule has 1 amide bonds. The summed E-state index contributed by atoms with van der Waals surface area (Å²) in [7, 11) is 3.67. The second-order valence-electron chi connectivity index (χ2n) is 7.48. The van der Waals surface area contributed by atoms with Crippen LogP contribution in [0.25, 0.3) is 0 Å². The van der Waals surface area contributed by atoms with Gasteiger partial charge in [-0.3, -0.25) is 14.5 Å². The number of aryl methyl sites for hydroxylation is 1. The Morgan fingerprint density at radius 3 is 2.52 bits per heavy atom. The number of anilines is 1. The summed E-state index contributed by atoms with van der Waals surface area (Å²) in [4.78, 5) is 20.9. The molecule has 0 spiro atoms. The van der Waals surface area contributed by atoms with Crippen molar-refractivity contribution >= 4 is 41.5 Å². The third-order valence-corrected chi connectivity index (χ3v) is 5.51. The lowest BCUT2D eigenvalue weighted by Crippen LogP contribution is -2.55. The Kier molecular flexibility index (Phi) is 8.85. The molecule has 2 fully saturated rings. The van der Waals surface area contributed by atoms with Crippen LogP contribution < -0.4 is 10.2 Å². The fourth-order valence-corrected chi connectivity index (χ4v) is 3.99. The Labute approximate surface area is 179 Å². The molecule has 0 atom stereocenters. The van der Waals surface area contributed by atoms with Gasteiger partial charge in [0.15, 0.2) is 5.96 Å². The van der Waals surface area contributed by atoms with E-state index >= 15 is 0 Å². The summed E-state index contributed by atoms with van der Waals surface area (Å²) in [6.45, 7) is 2.77. The maximum absolute atomic E-state index is 12.6. The maximum Gasteiger partial charge on any atom is 0.246 e. The molecular formula is C19H33IN6O. The number of nitrogens with one attached hydrogen (secondary N) is 1. The first kappa shape index (κ1) is 22.0. The molecule has 1 aliphatic carbocycles. The summed E-state index contributed by atoms with van der Waals surface area (Å²) >= 11 is 0. The fourth-order valence-electron chi connectivity index (χ4n) is 3.99. The van der Waals surface area contributed by atoms with Crippen LogP contribution in [0, 0.1) is 5.92 Å². The highest BCUT2D eigenvalue weighted by atomic mass is 127. The average Bonchev–Trinajstić information content (AvgIpc) is 3.03. The SMILES string of the molecule is CN=C(NCC1CCCCCCC1)N1CCN(c2cnn(C)c2)C(=O)C1.I. The van der Waals surface area contributed by atoms with E-state index in [9.17, 15) is 4.79 Å². The van der Waals surface area contributed by atoms with Gasteiger partial charge in [0.25, 0.3) is 0 Å². The van der Waals surface area contributed by atoms with Crippen LogP contribution in [0.2, 0.25) is 0 Å². The maximum atomic E-state index is 12.6. The van der Waals surface area contributed by atoms with E-state index in [1.807, 2.05) is 18.1 Å². The number of rotatable bonds is 3. The summed E-state index contributed by atoms with van der Waals surface area (Å²) in [6, 6.07) is 0. The van der Waals surface area contributed by atoms with Gasteiger partial charge in [0.05, 0.1) is 11.9 Å². The number of nitrogens with zero attached hydrogens (tertiary/aromatic N) is 5. The van der Waals surface area contributed by atoms with Crippen LogP contribution in [0.15, 0.2) is 17.4 Å². The van der Waals surface area contributed by atoms with Gasteiger partial charge in [-0.1, -0.05) is 32.1 Å². The van der Waals surface area contributed by atoms with E-state index in [0.717, 1.165) is 30.7 Å². The first-order valence-electron chi connectivity index (χ1n) is 9.92. The topological polar surface area (TPSA) is 65.8 Å². The number of carbonyl (C=O) groups is 1. The van der Waals surface area contributed by atoms with Crippen molar-refractivity contribution in [2.45, 2.75) is 44.9 Å². The van der Waals surface area contributed by atoms with Crippen molar-refractivity contribution < 1.29 is 4.79 Å². The third-order valence-electron chi connectivity index (χ3n) is 5.51. The second kappa shape index (κ2) is 10.9. The van der Waals surface area contributed by atoms with E-state index in [-0.39, 0.29) is 29.9 Å². The molecule has 152 valence electrons. The zero-order valence-electron chi connectivity index (χ0n) is 16.6. The van der Waals surface area contributed by atoms with Crippen LogP contribution in [0.4, 0.5) is 5.69 Å². The van der Waals surface area contributed by atoms with E-state index < -0.39 is 0 Å². The lowest BCUT2D eigenvalue weighted by molar-refractivity contribution is -0.120. The van der Waals surface area contributed by atoms with Gasteiger partial charge in [-0.2, -0.15) is 5.10 Å². The molecule has 27 heavy (non-hydrogen) atoms. The zero-order valence-corrected chi connectivity index (χ0v) is 18.9. The zero-order chi connectivity index (χ0) is 18.4. The number of amides is 1. The number of hydrogen-bond donors (Lipinski definition) is 1. The molecule has 1 aliphatic heterocycles. The van der Waals surface area contributed by atoms with Gasteiger partial charge in [-0.05, 0) is 18.8 Å². The van der Waals surface area contributed by atoms with E-state index in [1.54, 1.807) is 17.9 Å². The van der Waals surface area contributed by atoms with Gasteiger partial charge in [0.2, 0.25) is 5.91 Å². The molecule has 1 saturated carbocycles. The summed E-state index contributed by atoms with van der Waals surface area (Å²) in [5.41, 5.74) is 0.870. The van der Waals surface area contributed by atoms with E-state index in [4.69, 9.17) is 0 Å².